The lowest BCUT2D eigenvalue weighted by Crippen LogP contribution is -2.42. The average molecular weight is 340 g/mol. The lowest BCUT2D eigenvalue weighted by molar-refractivity contribution is -0.118. The summed E-state index contributed by atoms with van der Waals surface area (Å²) in [4.78, 5) is 37.9. The topological polar surface area (TPSA) is 83.4 Å². The van der Waals surface area contributed by atoms with Gasteiger partial charge in [0, 0.05) is 37.5 Å². The Balaban J connectivity index is 1.67. The molecule has 0 unspecified atom stereocenters. The number of carbonyl (C=O) groups excluding carboxylic acids is 3. The van der Waals surface area contributed by atoms with Crippen LogP contribution in [0.2, 0.25) is 0 Å². The van der Waals surface area contributed by atoms with Crippen molar-refractivity contribution in [1.29, 1.82) is 0 Å². The lowest BCUT2D eigenvalue weighted by atomic mass is 10.1. The number of benzene rings is 1. The van der Waals surface area contributed by atoms with Crippen LogP contribution in [0.5, 0.6) is 0 Å². The van der Waals surface area contributed by atoms with Crippen molar-refractivity contribution in [1.82, 2.24) is 15.4 Å². The maximum atomic E-state index is 12.3. The molecule has 1 aromatic carbocycles. The molecule has 0 fully saturated rings. The molecule has 0 aliphatic carbocycles. The van der Waals surface area contributed by atoms with E-state index >= 15 is 0 Å². The third kappa shape index (κ3) is 3.26. The third-order valence-electron chi connectivity index (χ3n) is 4.31. The number of anilines is 1. The number of nitrogens with zero attached hydrogens (tertiary/aromatic N) is 2. The van der Waals surface area contributed by atoms with E-state index in [4.69, 9.17) is 0 Å². The van der Waals surface area contributed by atoms with Crippen LogP contribution in [0, 0.1) is 0 Å². The Morgan fingerprint density at radius 2 is 1.88 bits per heavy atom. The molecular weight excluding hydrogens is 320 g/mol. The number of hydrogen-bond acceptors (Lipinski definition) is 3. The number of aromatic nitrogens is 1. The molecule has 0 atom stereocenters. The summed E-state index contributed by atoms with van der Waals surface area (Å²) in [6.45, 7) is 2.47. The normalized spacial score (nSPS) is 12.6. The van der Waals surface area contributed by atoms with E-state index in [0.29, 0.717) is 24.2 Å². The molecule has 1 aliphatic rings. The first-order chi connectivity index (χ1) is 12.0. The van der Waals surface area contributed by atoms with Crippen LogP contribution < -0.4 is 15.8 Å². The predicted octanol–water partition coefficient (Wildman–Crippen LogP) is 1.40. The summed E-state index contributed by atoms with van der Waals surface area (Å²) in [5, 5.41) is 0. The van der Waals surface area contributed by atoms with Gasteiger partial charge in [0.05, 0.1) is 0 Å². The van der Waals surface area contributed by atoms with Crippen molar-refractivity contribution in [3.8, 4) is 0 Å². The largest absolute Gasteiger partial charge is 0.347 e. The smallest absolute Gasteiger partial charge is 0.286 e. The van der Waals surface area contributed by atoms with Crippen LogP contribution in [0.3, 0.4) is 0 Å². The van der Waals surface area contributed by atoms with Gasteiger partial charge in [0.2, 0.25) is 5.91 Å². The molecule has 7 heteroatoms. The number of nitrogens with one attached hydrogen (secondary N) is 2. The van der Waals surface area contributed by atoms with Crippen molar-refractivity contribution >= 4 is 23.4 Å². The predicted molar refractivity (Wildman–Crippen MR) is 93.1 cm³/mol. The Labute approximate surface area is 145 Å². The van der Waals surface area contributed by atoms with Crippen LogP contribution in [0.4, 0.5) is 5.69 Å². The highest BCUT2D eigenvalue weighted by molar-refractivity contribution is 6.00. The van der Waals surface area contributed by atoms with Gasteiger partial charge in [0.1, 0.15) is 5.69 Å². The molecular formula is C18H20N4O3. The van der Waals surface area contributed by atoms with Crippen LogP contribution in [0.1, 0.15) is 39.8 Å². The Kier molecular flexibility index (Phi) is 4.56. The van der Waals surface area contributed by atoms with E-state index in [1.807, 2.05) is 6.92 Å². The van der Waals surface area contributed by atoms with Gasteiger partial charge in [0.15, 0.2) is 0 Å². The van der Waals surface area contributed by atoms with Gasteiger partial charge in [-0.3, -0.25) is 25.2 Å². The highest BCUT2D eigenvalue weighted by Crippen LogP contribution is 2.29. The maximum absolute atomic E-state index is 12.3. The minimum atomic E-state index is -0.398. The van der Waals surface area contributed by atoms with Gasteiger partial charge in [-0.25, -0.2) is 0 Å². The van der Waals surface area contributed by atoms with Crippen molar-refractivity contribution in [2.45, 2.75) is 19.8 Å². The van der Waals surface area contributed by atoms with Gasteiger partial charge < -0.3 is 9.47 Å². The highest BCUT2D eigenvalue weighted by atomic mass is 16.2. The molecule has 2 N–H and O–H groups in total. The number of fused-ring (bicyclic) bond motifs is 1. The third-order valence-corrected chi connectivity index (χ3v) is 4.31. The Bertz CT molecular complexity index is 841. The monoisotopic (exact) mass is 340 g/mol. The molecule has 1 aromatic heterocycles. The lowest BCUT2D eigenvalue weighted by Gasteiger charge is -2.16. The molecule has 0 saturated heterocycles. The zero-order chi connectivity index (χ0) is 18.0. The molecule has 0 radical (unpaired) electrons. The van der Waals surface area contributed by atoms with Crippen LogP contribution >= 0.6 is 0 Å². The Morgan fingerprint density at radius 1 is 1.12 bits per heavy atom. The first-order valence-electron chi connectivity index (χ1n) is 8.16. The second kappa shape index (κ2) is 6.80. The molecule has 7 nitrogen and oxygen atoms in total. The van der Waals surface area contributed by atoms with Crippen LogP contribution in [-0.4, -0.2) is 28.8 Å². The minimum Gasteiger partial charge on any atom is -0.347 e. The maximum Gasteiger partial charge on any atom is 0.286 e. The summed E-state index contributed by atoms with van der Waals surface area (Å²) in [5.74, 6) is -0.710. The van der Waals surface area contributed by atoms with E-state index < -0.39 is 5.91 Å². The van der Waals surface area contributed by atoms with E-state index in [9.17, 15) is 14.4 Å². The van der Waals surface area contributed by atoms with Gasteiger partial charge >= 0.3 is 0 Å². The number of amides is 3. The number of hydrogen-bond donors (Lipinski definition) is 2. The van der Waals surface area contributed by atoms with Crippen molar-refractivity contribution in [2.24, 2.45) is 7.05 Å². The Hall–Kier alpha value is -3.09. The van der Waals surface area contributed by atoms with Gasteiger partial charge in [-0.15, -0.1) is 0 Å². The zero-order valence-corrected chi connectivity index (χ0v) is 14.2. The number of aryl methyl sites for hydroxylation is 1. The first kappa shape index (κ1) is 16.8. The summed E-state index contributed by atoms with van der Waals surface area (Å²) in [5.41, 5.74) is 7.53. The molecule has 1 aliphatic heterocycles. The summed E-state index contributed by atoms with van der Waals surface area (Å²) in [6, 6.07) is 8.62. The molecule has 0 spiro atoms. The van der Waals surface area contributed by atoms with Gasteiger partial charge in [-0.1, -0.05) is 6.92 Å². The van der Waals surface area contributed by atoms with E-state index in [1.165, 1.54) is 0 Å². The second-order valence-electron chi connectivity index (χ2n) is 5.91. The van der Waals surface area contributed by atoms with E-state index in [2.05, 4.69) is 10.9 Å². The zero-order valence-electron chi connectivity index (χ0n) is 14.2. The second-order valence-corrected chi connectivity index (χ2v) is 5.91. The molecule has 0 saturated carbocycles. The van der Waals surface area contributed by atoms with Gasteiger partial charge in [0.25, 0.3) is 11.8 Å². The first-order valence-corrected chi connectivity index (χ1v) is 8.16. The average Bonchev–Trinajstić information content (AvgIpc) is 3.24. The van der Waals surface area contributed by atoms with E-state index in [-0.39, 0.29) is 11.8 Å². The molecule has 2 aromatic rings. The fourth-order valence-corrected chi connectivity index (χ4v) is 2.94. The standard InChI is InChI=1S/C18H20N4O3/c1-3-16(23)22-10-8-12-11-13(6-7-14(12)22)17(24)19-20-18(25)15-5-4-9-21(15)2/h4-7,9,11H,3,8,10H2,1-2H3,(H,19,24)(H,20,25). The minimum absolute atomic E-state index is 0.0748. The van der Waals surface area contributed by atoms with Crippen LogP contribution in [0.15, 0.2) is 36.5 Å². The van der Waals surface area contributed by atoms with Crippen molar-refractivity contribution in [3.05, 3.63) is 53.3 Å². The summed E-state index contributed by atoms with van der Waals surface area (Å²) >= 11 is 0. The SMILES string of the molecule is CCC(=O)N1CCc2cc(C(=O)NNC(=O)c3cccn3C)ccc21. The molecule has 0 bridgehead atoms. The fraction of sp³-hybridized carbons (Fsp3) is 0.278. The molecule has 130 valence electrons. The quantitative estimate of drug-likeness (QED) is 0.829. The fourth-order valence-electron chi connectivity index (χ4n) is 2.94. The molecule has 3 rings (SSSR count). The summed E-state index contributed by atoms with van der Waals surface area (Å²) < 4.78 is 1.66. The van der Waals surface area contributed by atoms with Gasteiger partial charge in [-0.05, 0) is 42.3 Å². The molecule has 2 heterocycles. The molecule has 3 amide bonds. The van der Waals surface area contributed by atoms with Crippen molar-refractivity contribution in [3.63, 3.8) is 0 Å². The Morgan fingerprint density at radius 3 is 2.56 bits per heavy atom. The summed E-state index contributed by atoms with van der Waals surface area (Å²) in [6.07, 6.45) is 2.92. The summed E-state index contributed by atoms with van der Waals surface area (Å²) in [7, 11) is 1.75. The molecule has 25 heavy (non-hydrogen) atoms. The van der Waals surface area contributed by atoms with Gasteiger partial charge in [-0.2, -0.15) is 0 Å². The highest BCUT2D eigenvalue weighted by Gasteiger charge is 2.24. The van der Waals surface area contributed by atoms with Crippen molar-refractivity contribution < 1.29 is 14.4 Å². The van der Waals surface area contributed by atoms with E-state index in [0.717, 1.165) is 17.7 Å². The number of carbonyl (C=O) groups is 3. The number of hydrazine groups is 1. The van der Waals surface area contributed by atoms with Crippen LogP contribution in [-0.2, 0) is 18.3 Å². The van der Waals surface area contributed by atoms with Crippen molar-refractivity contribution in [2.75, 3.05) is 11.4 Å². The van der Waals surface area contributed by atoms with E-state index in [1.54, 1.807) is 53.0 Å². The van der Waals surface area contributed by atoms with Crippen LogP contribution in [0.25, 0.3) is 0 Å². The number of rotatable bonds is 3.